The minimum Gasteiger partial charge on any atom is -0.376 e. The molecule has 1 N–H and O–H groups in total. The van der Waals surface area contributed by atoms with Crippen molar-refractivity contribution in [3.05, 3.63) is 18.0 Å². The van der Waals surface area contributed by atoms with Crippen LogP contribution in [0.1, 0.15) is 37.2 Å². The SMILES string of the molecule is CCN(CC)c1nccc(C(=O)NCC2CCCO2)n1. The monoisotopic (exact) mass is 278 g/mol. The molecule has 6 heteroatoms. The first kappa shape index (κ1) is 14.7. The van der Waals surface area contributed by atoms with Gasteiger partial charge in [-0.3, -0.25) is 4.79 Å². The third-order valence-corrected chi connectivity index (χ3v) is 3.44. The summed E-state index contributed by atoms with van der Waals surface area (Å²) in [5.41, 5.74) is 0.403. The van der Waals surface area contributed by atoms with Crippen molar-refractivity contribution in [3.63, 3.8) is 0 Å². The largest absolute Gasteiger partial charge is 0.376 e. The zero-order valence-electron chi connectivity index (χ0n) is 12.1. The van der Waals surface area contributed by atoms with E-state index in [4.69, 9.17) is 4.74 Å². The predicted octanol–water partition coefficient (Wildman–Crippen LogP) is 1.23. The highest BCUT2D eigenvalue weighted by Gasteiger charge is 2.17. The summed E-state index contributed by atoms with van der Waals surface area (Å²) in [6.07, 6.45) is 3.85. The summed E-state index contributed by atoms with van der Waals surface area (Å²) in [4.78, 5) is 22.6. The molecule has 2 rings (SSSR count). The molecule has 0 aromatic carbocycles. The fraction of sp³-hybridized carbons (Fsp3) is 0.643. The van der Waals surface area contributed by atoms with Crippen LogP contribution in [0.2, 0.25) is 0 Å². The van der Waals surface area contributed by atoms with Crippen LogP contribution in [0.4, 0.5) is 5.95 Å². The summed E-state index contributed by atoms with van der Waals surface area (Å²) >= 11 is 0. The van der Waals surface area contributed by atoms with Crippen molar-refractivity contribution in [2.75, 3.05) is 31.1 Å². The number of rotatable bonds is 6. The van der Waals surface area contributed by atoms with Crippen LogP contribution in [-0.2, 0) is 4.74 Å². The third kappa shape index (κ3) is 3.66. The van der Waals surface area contributed by atoms with Crippen molar-refractivity contribution >= 4 is 11.9 Å². The van der Waals surface area contributed by atoms with E-state index in [1.54, 1.807) is 12.3 Å². The van der Waals surface area contributed by atoms with Crippen molar-refractivity contribution in [2.45, 2.75) is 32.8 Å². The number of amides is 1. The number of hydrogen-bond donors (Lipinski definition) is 1. The number of ether oxygens (including phenoxy) is 1. The van der Waals surface area contributed by atoms with Gasteiger partial charge in [-0.1, -0.05) is 0 Å². The van der Waals surface area contributed by atoms with Crippen LogP contribution in [0.3, 0.4) is 0 Å². The molecule has 1 aliphatic heterocycles. The Kier molecular flexibility index (Phi) is 5.29. The van der Waals surface area contributed by atoms with Crippen LogP contribution >= 0.6 is 0 Å². The van der Waals surface area contributed by atoms with E-state index < -0.39 is 0 Å². The van der Waals surface area contributed by atoms with E-state index >= 15 is 0 Å². The second-order valence-corrected chi connectivity index (χ2v) is 4.76. The van der Waals surface area contributed by atoms with Crippen molar-refractivity contribution in [3.8, 4) is 0 Å². The lowest BCUT2D eigenvalue weighted by Crippen LogP contribution is -2.33. The molecule has 1 aromatic rings. The van der Waals surface area contributed by atoms with E-state index in [1.165, 1.54) is 0 Å². The van der Waals surface area contributed by atoms with Crippen molar-refractivity contribution in [2.24, 2.45) is 0 Å². The van der Waals surface area contributed by atoms with E-state index in [9.17, 15) is 4.79 Å². The minimum atomic E-state index is -0.170. The lowest BCUT2D eigenvalue weighted by Gasteiger charge is -2.18. The summed E-state index contributed by atoms with van der Waals surface area (Å²) in [5.74, 6) is 0.427. The number of carbonyl (C=O) groups is 1. The molecule has 1 unspecified atom stereocenters. The first-order chi connectivity index (χ1) is 9.74. The highest BCUT2D eigenvalue weighted by atomic mass is 16.5. The lowest BCUT2D eigenvalue weighted by atomic mass is 10.2. The number of anilines is 1. The van der Waals surface area contributed by atoms with E-state index in [1.807, 2.05) is 18.7 Å². The molecule has 6 nitrogen and oxygen atoms in total. The highest BCUT2D eigenvalue weighted by Crippen LogP contribution is 2.11. The molecule has 110 valence electrons. The molecule has 1 amide bonds. The predicted molar refractivity (Wildman–Crippen MR) is 76.9 cm³/mol. The summed E-state index contributed by atoms with van der Waals surface area (Å²) in [6, 6.07) is 1.64. The Hall–Kier alpha value is -1.69. The van der Waals surface area contributed by atoms with Gasteiger partial charge in [0, 0.05) is 32.4 Å². The van der Waals surface area contributed by atoms with Crippen LogP contribution in [0.25, 0.3) is 0 Å². The number of nitrogens with zero attached hydrogens (tertiary/aromatic N) is 3. The molecule has 1 fully saturated rings. The molecular weight excluding hydrogens is 256 g/mol. The van der Waals surface area contributed by atoms with E-state index in [-0.39, 0.29) is 12.0 Å². The topological polar surface area (TPSA) is 67.4 Å². The van der Waals surface area contributed by atoms with Gasteiger partial charge in [-0.25, -0.2) is 9.97 Å². The van der Waals surface area contributed by atoms with Crippen LogP contribution in [0.15, 0.2) is 12.3 Å². The molecule has 0 bridgehead atoms. The standard InChI is InChI=1S/C14H22N4O2/c1-3-18(4-2)14-15-8-7-12(17-14)13(19)16-10-11-6-5-9-20-11/h7-8,11H,3-6,9-10H2,1-2H3,(H,16,19). The second-order valence-electron chi connectivity index (χ2n) is 4.76. The van der Waals surface area contributed by atoms with Gasteiger partial charge in [0.2, 0.25) is 5.95 Å². The summed E-state index contributed by atoms with van der Waals surface area (Å²) in [7, 11) is 0. The quantitative estimate of drug-likeness (QED) is 0.847. The first-order valence-corrected chi connectivity index (χ1v) is 7.22. The molecule has 20 heavy (non-hydrogen) atoms. The zero-order chi connectivity index (χ0) is 14.4. The van der Waals surface area contributed by atoms with Gasteiger partial charge < -0.3 is 15.0 Å². The average Bonchev–Trinajstić information content (AvgIpc) is 3.00. The van der Waals surface area contributed by atoms with Gasteiger partial charge in [-0.2, -0.15) is 0 Å². The highest BCUT2D eigenvalue weighted by molar-refractivity contribution is 5.92. The first-order valence-electron chi connectivity index (χ1n) is 7.22. The maximum Gasteiger partial charge on any atom is 0.270 e. The van der Waals surface area contributed by atoms with Gasteiger partial charge >= 0.3 is 0 Å². The number of aromatic nitrogens is 2. The van der Waals surface area contributed by atoms with Gasteiger partial charge in [-0.05, 0) is 32.8 Å². The van der Waals surface area contributed by atoms with Gasteiger partial charge in [0.05, 0.1) is 6.10 Å². The second kappa shape index (κ2) is 7.19. The maximum absolute atomic E-state index is 12.1. The van der Waals surface area contributed by atoms with Crippen molar-refractivity contribution in [1.82, 2.24) is 15.3 Å². The molecule has 1 atom stereocenters. The maximum atomic E-state index is 12.1. The van der Waals surface area contributed by atoms with Gasteiger partial charge in [-0.15, -0.1) is 0 Å². The number of hydrogen-bond acceptors (Lipinski definition) is 5. The van der Waals surface area contributed by atoms with Gasteiger partial charge in [0.15, 0.2) is 0 Å². The van der Waals surface area contributed by atoms with Crippen molar-refractivity contribution in [1.29, 1.82) is 0 Å². The molecule has 1 aromatic heterocycles. The lowest BCUT2D eigenvalue weighted by molar-refractivity contribution is 0.0853. The Bertz CT molecular complexity index is 443. The average molecular weight is 278 g/mol. The number of carbonyl (C=O) groups excluding carboxylic acids is 1. The van der Waals surface area contributed by atoms with Crippen LogP contribution in [0, 0.1) is 0 Å². The van der Waals surface area contributed by atoms with Crippen LogP contribution in [0.5, 0.6) is 0 Å². The number of nitrogens with one attached hydrogen (secondary N) is 1. The Morgan fingerprint density at radius 3 is 2.95 bits per heavy atom. The zero-order valence-corrected chi connectivity index (χ0v) is 12.1. The Morgan fingerprint density at radius 2 is 2.30 bits per heavy atom. The summed E-state index contributed by atoms with van der Waals surface area (Å²) < 4.78 is 5.48. The fourth-order valence-electron chi connectivity index (χ4n) is 2.24. The third-order valence-electron chi connectivity index (χ3n) is 3.44. The minimum absolute atomic E-state index is 0.142. The smallest absolute Gasteiger partial charge is 0.270 e. The van der Waals surface area contributed by atoms with E-state index in [0.29, 0.717) is 18.2 Å². The summed E-state index contributed by atoms with van der Waals surface area (Å²) in [6.45, 7) is 7.05. The molecule has 0 saturated carbocycles. The summed E-state index contributed by atoms with van der Waals surface area (Å²) in [5, 5.41) is 2.87. The molecule has 0 spiro atoms. The van der Waals surface area contributed by atoms with E-state index in [2.05, 4.69) is 15.3 Å². The Balaban J connectivity index is 1.96. The molecule has 0 radical (unpaired) electrons. The van der Waals surface area contributed by atoms with Gasteiger partial charge in [0.1, 0.15) is 5.69 Å². The molecular formula is C14H22N4O2. The normalized spacial score (nSPS) is 18.0. The molecule has 2 heterocycles. The molecule has 1 aliphatic rings. The van der Waals surface area contributed by atoms with Crippen LogP contribution in [-0.4, -0.2) is 48.2 Å². The molecule has 1 saturated heterocycles. The van der Waals surface area contributed by atoms with Gasteiger partial charge in [0.25, 0.3) is 5.91 Å². The Labute approximate surface area is 119 Å². The Morgan fingerprint density at radius 1 is 1.50 bits per heavy atom. The van der Waals surface area contributed by atoms with E-state index in [0.717, 1.165) is 32.5 Å². The molecule has 0 aliphatic carbocycles. The van der Waals surface area contributed by atoms with Crippen molar-refractivity contribution < 1.29 is 9.53 Å². The van der Waals surface area contributed by atoms with Crippen LogP contribution < -0.4 is 10.2 Å². The fourth-order valence-corrected chi connectivity index (χ4v) is 2.24.